The Labute approximate surface area is 170 Å². The van der Waals surface area contributed by atoms with E-state index in [2.05, 4.69) is 50.3 Å². The maximum atomic E-state index is 4.70. The third-order valence-electron chi connectivity index (χ3n) is 5.02. The molecule has 0 fully saturated rings. The van der Waals surface area contributed by atoms with Crippen molar-refractivity contribution in [3.8, 4) is 33.1 Å². The van der Waals surface area contributed by atoms with Gasteiger partial charge in [0.1, 0.15) is 10.7 Å². The van der Waals surface area contributed by atoms with E-state index in [1.807, 2.05) is 36.7 Å². The van der Waals surface area contributed by atoms with Crippen LogP contribution in [0.5, 0.6) is 0 Å². The molecule has 6 aromatic rings. The Morgan fingerprint density at radius 1 is 0.690 bits per heavy atom. The highest BCUT2D eigenvalue weighted by atomic mass is 32.1. The summed E-state index contributed by atoms with van der Waals surface area (Å²) >= 11 is 1.76. The fourth-order valence-electron chi connectivity index (χ4n) is 3.56. The Kier molecular flexibility index (Phi) is 3.57. The SMILES string of the molecule is c1cc(-c2cc3cc(-c4ccc5nc(-c6ccncc6)[nH]c5c4)sc3[nH]2)ccn1. The molecule has 138 valence electrons. The van der Waals surface area contributed by atoms with Crippen molar-refractivity contribution in [1.82, 2.24) is 24.9 Å². The van der Waals surface area contributed by atoms with Crippen molar-refractivity contribution in [2.45, 2.75) is 0 Å². The van der Waals surface area contributed by atoms with Crippen molar-refractivity contribution >= 4 is 32.6 Å². The summed E-state index contributed by atoms with van der Waals surface area (Å²) in [5, 5.41) is 1.22. The van der Waals surface area contributed by atoms with Crippen LogP contribution in [0.4, 0.5) is 0 Å². The molecule has 0 bridgehead atoms. The highest BCUT2D eigenvalue weighted by Gasteiger charge is 2.11. The Morgan fingerprint density at radius 3 is 2.21 bits per heavy atom. The monoisotopic (exact) mass is 393 g/mol. The van der Waals surface area contributed by atoms with Crippen molar-refractivity contribution in [2.24, 2.45) is 0 Å². The number of aromatic nitrogens is 5. The summed E-state index contributed by atoms with van der Waals surface area (Å²) in [6, 6.07) is 18.8. The molecule has 0 saturated heterocycles. The van der Waals surface area contributed by atoms with Gasteiger partial charge in [0.25, 0.3) is 0 Å². The number of nitrogens with zero attached hydrogens (tertiary/aromatic N) is 3. The lowest BCUT2D eigenvalue weighted by Crippen LogP contribution is -1.79. The van der Waals surface area contributed by atoms with Gasteiger partial charge in [0, 0.05) is 51.9 Å². The lowest BCUT2D eigenvalue weighted by Gasteiger charge is -1.98. The molecule has 29 heavy (non-hydrogen) atoms. The van der Waals surface area contributed by atoms with E-state index in [9.17, 15) is 0 Å². The number of rotatable bonds is 3. The molecule has 1 aromatic carbocycles. The molecular weight excluding hydrogens is 378 g/mol. The fourth-order valence-corrected chi connectivity index (χ4v) is 4.61. The largest absolute Gasteiger partial charge is 0.346 e. The number of thiophene rings is 1. The number of imidazole rings is 1. The van der Waals surface area contributed by atoms with E-state index in [0.29, 0.717) is 0 Å². The molecular formula is C23H15N5S. The van der Waals surface area contributed by atoms with Gasteiger partial charge in [0.05, 0.1) is 11.0 Å². The molecule has 0 aliphatic carbocycles. The number of hydrogen-bond acceptors (Lipinski definition) is 4. The number of hydrogen-bond donors (Lipinski definition) is 2. The van der Waals surface area contributed by atoms with Crippen LogP contribution in [0, 0.1) is 0 Å². The van der Waals surface area contributed by atoms with Gasteiger partial charge >= 0.3 is 0 Å². The van der Waals surface area contributed by atoms with E-state index < -0.39 is 0 Å². The molecule has 5 aromatic heterocycles. The molecule has 0 aliphatic heterocycles. The van der Waals surface area contributed by atoms with Gasteiger partial charge in [-0.1, -0.05) is 6.07 Å². The van der Waals surface area contributed by atoms with Gasteiger partial charge in [-0.2, -0.15) is 0 Å². The first-order valence-corrected chi connectivity index (χ1v) is 10.1. The van der Waals surface area contributed by atoms with Crippen LogP contribution in [-0.2, 0) is 0 Å². The van der Waals surface area contributed by atoms with Crippen molar-refractivity contribution in [3.05, 3.63) is 79.4 Å². The molecule has 0 unspecified atom stereocenters. The fraction of sp³-hybridized carbons (Fsp3) is 0. The predicted octanol–water partition coefficient (Wildman–Crippen LogP) is 5.90. The van der Waals surface area contributed by atoms with Crippen LogP contribution in [0.1, 0.15) is 0 Å². The molecule has 0 aliphatic rings. The number of H-pyrrole nitrogens is 2. The predicted molar refractivity (Wildman–Crippen MR) is 118 cm³/mol. The average Bonchev–Trinajstić information content (AvgIpc) is 3.47. The zero-order chi connectivity index (χ0) is 19.2. The van der Waals surface area contributed by atoms with Gasteiger partial charge in [0.15, 0.2) is 0 Å². The average molecular weight is 393 g/mol. The van der Waals surface area contributed by atoms with Crippen LogP contribution in [-0.4, -0.2) is 24.9 Å². The number of nitrogens with one attached hydrogen (secondary N) is 2. The first kappa shape index (κ1) is 16.2. The molecule has 5 heterocycles. The van der Waals surface area contributed by atoms with Crippen LogP contribution in [0.3, 0.4) is 0 Å². The van der Waals surface area contributed by atoms with E-state index in [1.54, 1.807) is 23.7 Å². The van der Waals surface area contributed by atoms with E-state index >= 15 is 0 Å². The molecule has 0 saturated carbocycles. The summed E-state index contributed by atoms with van der Waals surface area (Å²) in [5.41, 5.74) is 6.47. The minimum Gasteiger partial charge on any atom is -0.346 e. The standard InChI is InChI=1S/C23H15N5S/c1-2-18-20(27-22(26-18)15-5-9-25-10-6-15)11-16(1)21-13-17-12-19(28-23(17)29-21)14-3-7-24-8-4-14/h1-13,28H,(H,26,27). The summed E-state index contributed by atoms with van der Waals surface area (Å²) < 4.78 is 0. The summed E-state index contributed by atoms with van der Waals surface area (Å²) in [4.78, 5) is 22.2. The quantitative estimate of drug-likeness (QED) is 0.393. The Bertz CT molecular complexity index is 1410. The second kappa shape index (κ2) is 6.39. The molecule has 0 radical (unpaired) electrons. The van der Waals surface area contributed by atoms with Crippen LogP contribution in [0.2, 0.25) is 0 Å². The van der Waals surface area contributed by atoms with E-state index in [-0.39, 0.29) is 0 Å². The third kappa shape index (κ3) is 2.81. The zero-order valence-electron chi connectivity index (χ0n) is 15.3. The van der Waals surface area contributed by atoms with Crippen molar-refractivity contribution < 1.29 is 0 Å². The molecule has 6 rings (SSSR count). The number of aromatic amines is 2. The van der Waals surface area contributed by atoms with Gasteiger partial charge in [-0.15, -0.1) is 11.3 Å². The van der Waals surface area contributed by atoms with Gasteiger partial charge in [-0.05, 0) is 54.1 Å². The Morgan fingerprint density at radius 2 is 1.45 bits per heavy atom. The van der Waals surface area contributed by atoms with Gasteiger partial charge < -0.3 is 9.97 Å². The van der Waals surface area contributed by atoms with Gasteiger partial charge in [0.2, 0.25) is 0 Å². The molecule has 6 heteroatoms. The molecule has 0 atom stereocenters. The first-order chi connectivity index (χ1) is 14.3. The molecule has 0 spiro atoms. The van der Waals surface area contributed by atoms with Crippen molar-refractivity contribution in [3.63, 3.8) is 0 Å². The maximum absolute atomic E-state index is 4.70. The van der Waals surface area contributed by atoms with E-state index in [1.165, 1.54) is 20.7 Å². The number of pyridine rings is 2. The minimum absolute atomic E-state index is 0.861. The van der Waals surface area contributed by atoms with Crippen molar-refractivity contribution in [2.75, 3.05) is 0 Å². The van der Waals surface area contributed by atoms with Crippen LogP contribution < -0.4 is 0 Å². The molecule has 0 amide bonds. The summed E-state index contributed by atoms with van der Waals surface area (Å²) in [6.07, 6.45) is 7.19. The topological polar surface area (TPSA) is 70.2 Å². The highest BCUT2D eigenvalue weighted by molar-refractivity contribution is 7.21. The number of benzene rings is 1. The van der Waals surface area contributed by atoms with E-state index in [0.717, 1.165) is 33.7 Å². The Balaban J connectivity index is 1.38. The van der Waals surface area contributed by atoms with Crippen LogP contribution in [0.15, 0.2) is 79.4 Å². The van der Waals surface area contributed by atoms with Crippen LogP contribution >= 0.6 is 11.3 Å². The van der Waals surface area contributed by atoms with Crippen molar-refractivity contribution in [1.29, 1.82) is 0 Å². The molecule has 5 nitrogen and oxygen atoms in total. The summed E-state index contributed by atoms with van der Waals surface area (Å²) in [7, 11) is 0. The number of fused-ring (bicyclic) bond motifs is 2. The first-order valence-electron chi connectivity index (χ1n) is 9.27. The zero-order valence-corrected chi connectivity index (χ0v) is 16.1. The van der Waals surface area contributed by atoms with Gasteiger partial charge in [-0.3, -0.25) is 9.97 Å². The third-order valence-corrected chi connectivity index (χ3v) is 6.14. The smallest absolute Gasteiger partial charge is 0.138 e. The lowest BCUT2D eigenvalue weighted by molar-refractivity contribution is 1.28. The van der Waals surface area contributed by atoms with E-state index in [4.69, 9.17) is 4.98 Å². The second-order valence-electron chi connectivity index (χ2n) is 6.87. The molecule has 2 N–H and O–H groups in total. The van der Waals surface area contributed by atoms with Gasteiger partial charge in [-0.25, -0.2) is 4.98 Å². The summed E-state index contributed by atoms with van der Waals surface area (Å²) in [6.45, 7) is 0. The normalized spacial score (nSPS) is 11.4. The minimum atomic E-state index is 0.861. The lowest BCUT2D eigenvalue weighted by atomic mass is 10.1. The Hall–Kier alpha value is -3.77. The highest BCUT2D eigenvalue weighted by Crippen LogP contribution is 2.36. The van der Waals surface area contributed by atoms with Crippen LogP contribution in [0.25, 0.3) is 54.3 Å². The maximum Gasteiger partial charge on any atom is 0.138 e. The summed E-state index contributed by atoms with van der Waals surface area (Å²) in [5.74, 6) is 0.861. The second-order valence-corrected chi connectivity index (χ2v) is 7.92.